The average molecular weight is 269 g/mol. The predicted octanol–water partition coefficient (Wildman–Crippen LogP) is 2.51. The Kier molecular flexibility index (Phi) is 5.26. The van der Waals surface area contributed by atoms with Crippen molar-refractivity contribution >= 4 is 11.6 Å². The van der Waals surface area contributed by atoms with Crippen LogP contribution in [0, 0.1) is 6.92 Å². The Morgan fingerprint density at radius 2 is 1.95 bits per heavy atom. The zero-order valence-electron chi connectivity index (χ0n) is 11.6. The molecule has 0 spiro atoms. The summed E-state index contributed by atoms with van der Waals surface area (Å²) in [6, 6.07) is 13.6. The Bertz CT molecular complexity index is 555. The van der Waals surface area contributed by atoms with E-state index in [1.54, 1.807) is 6.20 Å². The van der Waals surface area contributed by atoms with Crippen LogP contribution in [-0.2, 0) is 11.3 Å². The van der Waals surface area contributed by atoms with E-state index in [9.17, 15) is 4.79 Å². The molecule has 0 aliphatic rings. The lowest BCUT2D eigenvalue weighted by Crippen LogP contribution is -2.22. The Labute approximate surface area is 119 Å². The van der Waals surface area contributed by atoms with Crippen molar-refractivity contribution in [3.63, 3.8) is 0 Å². The summed E-state index contributed by atoms with van der Waals surface area (Å²) in [5, 5.41) is 6.12. The molecule has 4 heteroatoms. The van der Waals surface area contributed by atoms with Crippen molar-refractivity contribution in [2.45, 2.75) is 19.9 Å². The number of anilines is 1. The van der Waals surface area contributed by atoms with Gasteiger partial charge in [0.25, 0.3) is 0 Å². The Morgan fingerprint density at radius 1 is 1.15 bits per heavy atom. The van der Waals surface area contributed by atoms with Crippen molar-refractivity contribution in [1.82, 2.24) is 10.3 Å². The molecule has 1 amide bonds. The molecule has 0 saturated heterocycles. The highest BCUT2D eigenvalue weighted by Crippen LogP contribution is 2.12. The Balaban J connectivity index is 1.69. The van der Waals surface area contributed by atoms with E-state index in [-0.39, 0.29) is 5.91 Å². The van der Waals surface area contributed by atoms with Gasteiger partial charge in [0.1, 0.15) is 0 Å². The van der Waals surface area contributed by atoms with Crippen LogP contribution in [0.4, 0.5) is 5.69 Å². The average Bonchev–Trinajstić information content (AvgIpc) is 2.47. The number of aromatic nitrogens is 1. The molecule has 0 bridgehead atoms. The van der Waals surface area contributed by atoms with Crippen molar-refractivity contribution in [3.05, 3.63) is 59.9 Å². The number of amides is 1. The van der Waals surface area contributed by atoms with E-state index in [4.69, 9.17) is 0 Å². The zero-order chi connectivity index (χ0) is 14.2. The Morgan fingerprint density at radius 3 is 2.70 bits per heavy atom. The van der Waals surface area contributed by atoms with E-state index in [1.165, 1.54) is 0 Å². The fourth-order valence-corrected chi connectivity index (χ4v) is 1.85. The maximum absolute atomic E-state index is 11.8. The molecule has 2 aromatic rings. The minimum Gasteiger partial charge on any atom is -0.326 e. The van der Waals surface area contributed by atoms with E-state index in [2.05, 4.69) is 15.6 Å². The first kappa shape index (κ1) is 14.2. The van der Waals surface area contributed by atoms with Crippen LogP contribution in [0.25, 0.3) is 0 Å². The maximum Gasteiger partial charge on any atom is 0.225 e. The molecule has 1 aromatic carbocycles. The zero-order valence-corrected chi connectivity index (χ0v) is 11.6. The number of carbonyl (C=O) groups is 1. The summed E-state index contributed by atoms with van der Waals surface area (Å²) in [6.45, 7) is 3.29. The van der Waals surface area contributed by atoms with Gasteiger partial charge in [-0.15, -0.1) is 0 Å². The number of carbonyl (C=O) groups excluding carboxylic acids is 1. The lowest BCUT2D eigenvalue weighted by molar-refractivity contribution is -0.116. The van der Waals surface area contributed by atoms with Crippen molar-refractivity contribution in [2.75, 3.05) is 11.9 Å². The molecule has 4 nitrogen and oxygen atoms in total. The molecule has 1 heterocycles. The van der Waals surface area contributed by atoms with Crippen LogP contribution >= 0.6 is 0 Å². The van der Waals surface area contributed by atoms with E-state index >= 15 is 0 Å². The summed E-state index contributed by atoms with van der Waals surface area (Å²) in [4.78, 5) is 16.0. The third kappa shape index (κ3) is 4.48. The number of nitrogens with one attached hydrogen (secondary N) is 2. The minimum absolute atomic E-state index is 0.0211. The summed E-state index contributed by atoms with van der Waals surface area (Å²) in [5.74, 6) is 0.0211. The number of nitrogens with zero attached hydrogens (tertiary/aromatic N) is 1. The second-order valence-corrected chi connectivity index (χ2v) is 4.61. The number of benzene rings is 1. The molecule has 0 aliphatic carbocycles. The first-order chi connectivity index (χ1) is 9.75. The van der Waals surface area contributed by atoms with E-state index in [1.807, 2.05) is 49.4 Å². The van der Waals surface area contributed by atoms with Crippen LogP contribution in [0.3, 0.4) is 0 Å². The smallest absolute Gasteiger partial charge is 0.225 e. The third-order valence-corrected chi connectivity index (χ3v) is 2.98. The van der Waals surface area contributed by atoms with Crippen LogP contribution in [0.1, 0.15) is 17.7 Å². The predicted molar refractivity (Wildman–Crippen MR) is 80.4 cm³/mol. The number of hydrogen-bond acceptors (Lipinski definition) is 3. The Hall–Kier alpha value is -2.20. The standard InChI is InChI=1S/C16H19N3O/c1-13-6-2-3-8-15(13)19-16(20)9-11-17-12-14-7-4-5-10-18-14/h2-8,10,17H,9,11-12H2,1H3,(H,19,20). The van der Waals surface area contributed by atoms with Gasteiger partial charge < -0.3 is 10.6 Å². The summed E-state index contributed by atoms with van der Waals surface area (Å²) in [6.07, 6.45) is 2.21. The lowest BCUT2D eigenvalue weighted by Gasteiger charge is -2.08. The normalized spacial score (nSPS) is 10.2. The second kappa shape index (κ2) is 7.40. The second-order valence-electron chi connectivity index (χ2n) is 4.61. The van der Waals surface area contributed by atoms with E-state index < -0.39 is 0 Å². The largest absolute Gasteiger partial charge is 0.326 e. The number of pyridine rings is 1. The molecule has 104 valence electrons. The molecule has 0 unspecified atom stereocenters. The summed E-state index contributed by atoms with van der Waals surface area (Å²) in [7, 11) is 0. The molecule has 0 atom stereocenters. The van der Waals surface area contributed by atoms with Crippen molar-refractivity contribution in [3.8, 4) is 0 Å². The number of aryl methyl sites for hydroxylation is 1. The van der Waals surface area contributed by atoms with E-state index in [0.29, 0.717) is 19.5 Å². The first-order valence-corrected chi connectivity index (χ1v) is 6.72. The molecule has 1 aromatic heterocycles. The summed E-state index contributed by atoms with van der Waals surface area (Å²) >= 11 is 0. The number of rotatable bonds is 6. The van der Waals surface area contributed by atoms with Crippen LogP contribution in [-0.4, -0.2) is 17.4 Å². The monoisotopic (exact) mass is 269 g/mol. The lowest BCUT2D eigenvalue weighted by atomic mass is 10.2. The molecule has 2 N–H and O–H groups in total. The van der Waals surface area contributed by atoms with Gasteiger partial charge in [-0.25, -0.2) is 0 Å². The third-order valence-electron chi connectivity index (χ3n) is 2.98. The molecule has 20 heavy (non-hydrogen) atoms. The van der Waals surface area contributed by atoms with Gasteiger partial charge in [0, 0.05) is 31.4 Å². The molecule has 0 radical (unpaired) electrons. The van der Waals surface area contributed by atoms with Crippen molar-refractivity contribution < 1.29 is 4.79 Å². The van der Waals surface area contributed by atoms with Gasteiger partial charge in [0.05, 0.1) is 5.69 Å². The maximum atomic E-state index is 11.8. The van der Waals surface area contributed by atoms with Gasteiger partial charge in [0.2, 0.25) is 5.91 Å². The van der Waals surface area contributed by atoms with E-state index in [0.717, 1.165) is 16.9 Å². The van der Waals surface area contributed by atoms with Crippen molar-refractivity contribution in [2.24, 2.45) is 0 Å². The molecule has 0 fully saturated rings. The molecular weight excluding hydrogens is 250 g/mol. The highest BCUT2D eigenvalue weighted by molar-refractivity contribution is 5.91. The molecule has 0 aliphatic heterocycles. The van der Waals surface area contributed by atoms with Gasteiger partial charge in [0.15, 0.2) is 0 Å². The van der Waals surface area contributed by atoms with Gasteiger partial charge >= 0.3 is 0 Å². The summed E-state index contributed by atoms with van der Waals surface area (Å²) in [5.41, 5.74) is 2.93. The first-order valence-electron chi connectivity index (χ1n) is 6.72. The van der Waals surface area contributed by atoms with Gasteiger partial charge in [-0.2, -0.15) is 0 Å². The fraction of sp³-hybridized carbons (Fsp3) is 0.250. The van der Waals surface area contributed by atoms with Gasteiger partial charge in [-0.05, 0) is 30.7 Å². The van der Waals surface area contributed by atoms with Crippen LogP contribution in [0.5, 0.6) is 0 Å². The SMILES string of the molecule is Cc1ccccc1NC(=O)CCNCc1ccccn1. The highest BCUT2D eigenvalue weighted by Gasteiger charge is 2.03. The quantitative estimate of drug-likeness (QED) is 0.792. The van der Waals surface area contributed by atoms with Crippen LogP contribution in [0.15, 0.2) is 48.7 Å². The number of para-hydroxylation sites is 1. The van der Waals surface area contributed by atoms with Crippen LogP contribution < -0.4 is 10.6 Å². The highest BCUT2D eigenvalue weighted by atomic mass is 16.1. The molecular formula is C16H19N3O. The van der Waals surface area contributed by atoms with Gasteiger partial charge in [-0.1, -0.05) is 24.3 Å². The molecule has 0 saturated carbocycles. The topological polar surface area (TPSA) is 54.0 Å². The molecule has 2 rings (SSSR count). The van der Waals surface area contributed by atoms with Crippen LogP contribution in [0.2, 0.25) is 0 Å². The fourth-order valence-electron chi connectivity index (χ4n) is 1.85. The van der Waals surface area contributed by atoms with Crippen molar-refractivity contribution in [1.29, 1.82) is 0 Å². The number of hydrogen-bond donors (Lipinski definition) is 2. The summed E-state index contributed by atoms with van der Waals surface area (Å²) < 4.78 is 0. The minimum atomic E-state index is 0.0211. The van der Waals surface area contributed by atoms with Gasteiger partial charge in [-0.3, -0.25) is 9.78 Å².